The number of amides is 2. The molecule has 13 heteroatoms. The summed E-state index contributed by atoms with van der Waals surface area (Å²) in [5.74, 6) is -0.0325. The van der Waals surface area contributed by atoms with Crippen molar-refractivity contribution in [2.45, 2.75) is 58.7 Å². The number of aryl methyl sites for hydroxylation is 1. The van der Waals surface area contributed by atoms with Gasteiger partial charge in [-0.1, -0.05) is 7.43 Å². The Labute approximate surface area is 260 Å². The second kappa shape index (κ2) is 14.0. The molecule has 4 aliphatic rings. The number of methoxy groups -OCH3 is 2. The molecule has 222 valence electrons. The van der Waals surface area contributed by atoms with Gasteiger partial charge in [0.2, 0.25) is 10.9 Å². The van der Waals surface area contributed by atoms with E-state index in [0.29, 0.717) is 43.5 Å². The van der Waals surface area contributed by atoms with Crippen molar-refractivity contribution in [2.75, 3.05) is 46.6 Å². The number of pyridine rings is 2. The number of aliphatic hydroxyl groups is 1. The number of carbonyl (C=O) groups is 2. The Morgan fingerprint density at radius 2 is 1.44 bits per heavy atom. The first-order valence-corrected chi connectivity index (χ1v) is 13.6. The van der Waals surface area contributed by atoms with Crippen molar-refractivity contribution < 1.29 is 45.8 Å². The van der Waals surface area contributed by atoms with Crippen molar-refractivity contribution >= 4 is 24.4 Å². The summed E-state index contributed by atoms with van der Waals surface area (Å²) in [5.41, 5.74) is 1.66. The second-order valence-electron chi connectivity index (χ2n) is 9.72. The Kier molecular flexibility index (Phi) is 11.2. The van der Waals surface area contributed by atoms with Crippen LogP contribution >= 0.6 is 12.6 Å². The minimum absolute atomic E-state index is 0. The average Bonchev–Trinajstić information content (AvgIpc) is 3.48. The van der Waals surface area contributed by atoms with Gasteiger partial charge in [0.15, 0.2) is 22.9 Å². The first-order chi connectivity index (χ1) is 19.2. The van der Waals surface area contributed by atoms with Crippen molar-refractivity contribution in [3.05, 3.63) is 55.4 Å². The monoisotopic (exact) mass is 585 g/mol. The maximum absolute atomic E-state index is 12.4. The molecule has 0 bridgehead atoms. The van der Waals surface area contributed by atoms with Crippen LogP contribution in [-0.4, -0.2) is 82.5 Å². The summed E-state index contributed by atoms with van der Waals surface area (Å²) in [6.07, 6.45) is 1.89. The number of nitrogens with zero attached hydrogens (tertiary/aromatic N) is 4. The predicted octanol–water partition coefficient (Wildman–Crippen LogP) is -0.571. The van der Waals surface area contributed by atoms with Crippen molar-refractivity contribution in [3.63, 3.8) is 0 Å². The van der Waals surface area contributed by atoms with E-state index in [1.807, 2.05) is 18.4 Å². The van der Waals surface area contributed by atoms with Gasteiger partial charge in [0.1, 0.15) is 0 Å². The molecule has 0 aromatic carbocycles. The standard InChI is InChI=1S/C13H16N2O4.C13H16N2O3.CH4S.CH4.Li.H/c1-3-14-6-7-4-9(16)8-5-10(17)12(19-2)11(13(14)18)15(7)8;1-3-14-7-9-5-4-8-6-10(16)12(18-2)11(13(14)17)15(8)9;1-2;;;/h5,7,9,16H,3-4,6H2,1-2H3;6,9H,3-5,7H2,1-2H3;2H,1H3;1H4;;/q;;;;+1;-1/i;;1D;;;. The number of aromatic nitrogens is 2. The van der Waals surface area contributed by atoms with E-state index in [4.69, 9.17) is 10.8 Å². The van der Waals surface area contributed by atoms with E-state index in [1.165, 1.54) is 20.3 Å². The largest absolute Gasteiger partial charge is 1.00 e. The number of likely N-dealkylation sites (N-methyl/N-ethyl adjacent to an activating group) is 2. The summed E-state index contributed by atoms with van der Waals surface area (Å²) in [6.45, 7) is 6.40. The van der Waals surface area contributed by atoms with E-state index in [1.54, 1.807) is 20.4 Å². The number of hydrogen-bond acceptors (Lipinski definition) is 8. The third-order valence-corrected chi connectivity index (χ3v) is 7.84. The zero-order valence-corrected chi connectivity index (χ0v) is 24.6. The van der Waals surface area contributed by atoms with E-state index in [9.17, 15) is 24.3 Å². The minimum atomic E-state index is -0.688. The van der Waals surface area contributed by atoms with Crippen LogP contribution in [0.2, 0.25) is 0 Å². The van der Waals surface area contributed by atoms with E-state index < -0.39 is 6.10 Å². The Hall–Kier alpha value is -2.65. The molecule has 41 heavy (non-hydrogen) atoms. The van der Waals surface area contributed by atoms with Crippen molar-refractivity contribution in [2.24, 2.45) is 0 Å². The predicted molar refractivity (Wildman–Crippen MR) is 156 cm³/mol. The molecular formula is C28H41LiN4O7S. The molecule has 6 heterocycles. The van der Waals surface area contributed by atoms with Crippen LogP contribution in [0.1, 0.15) is 87.5 Å². The van der Waals surface area contributed by atoms with E-state index in [2.05, 4.69) is 12.6 Å². The molecule has 0 radical (unpaired) electrons. The molecule has 3 unspecified atom stereocenters. The molecule has 0 saturated carbocycles. The summed E-state index contributed by atoms with van der Waals surface area (Å²) in [7, 11) is 2.83. The van der Waals surface area contributed by atoms with Crippen LogP contribution in [0.5, 0.6) is 11.5 Å². The number of carbonyl (C=O) groups excluding carboxylic acids is 2. The smallest absolute Gasteiger partial charge is 1.00 e. The maximum atomic E-state index is 12.4. The van der Waals surface area contributed by atoms with Crippen LogP contribution in [0.3, 0.4) is 0 Å². The zero-order valence-electron chi connectivity index (χ0n) is 25.7. The van der Waals surface area contributed by atoms with Gasteiger partial charge >= 0.3 is 18.9 Å². The Morgan fingerprint density at radius 3 is 1.95 bits per heavy atom. The van der Waals surface area contributed by atoms with E-state index in [-0.39, 0.29) is 79.9 Å². The van der Waals surface area contributed by atoms with Crippen molar-refractivity contribution in [1.82, 2.24) is 18.9 Å². The fourth-order valence-corrected chi connectivity index (χ4v) is 6.11. The molecule has 0 fully saturated rings. The van der Waals surface area contributed by atoms with Crippen LogP contribution in [-0.2, 0) is 6.42 Å². The van der Waals surface area contributed by atoms with Crippen LogP contribution in [0.4, 0.5) is 0 Å². The number of hydrogen-bond donors (Lipinski definition) is 2. The van der Waals surface area contributed by atoms with Crippen molar-refractivity contribution in [3.8, 4) is 11.5 Å². The molecule has 2 amide bonds. The summed E-state index contributed by atoms with van der Waals surface area (Å²) >= 11 is 3.46. The summed E-state index contributed by atoms with van der Waals surface area (Å²) < 4.78 is 20.1. The molecule has 4 aliphatic heterocycles. The maximum Gasteiger partial charge on any atom is 1.00 e. The van der Waals surface area contributed by atoms with Gasteiger partial charge in [-0.15, -0.1) is 0 Å². The third kappa shape index (κ3) is 5.72. The van der Waals surface area contributed by atoms with Crippen LogP contribution in [0.25, 0.3) is 0 Å². The second-order valence-corrected chi connectivity index (χ2v) is 9.72. The molecule has 11 nitrogen and oxygen atoms in total. The van der Waals surface area contributed by atoms with E-state index in [0.717, 1.165) is 25.1 Å². The van der Waals surface area contributed by atoms with Gasteiger partial charge in [-0.05, 0) is 32.9 Å². The quantitative estimate of drug-likeness (QED) is 0.364. The topological polar surface area (TPSA) is 123 Å². The van der Waals surface area contributed by atoms with Crippen LogP contribution < -0.4 is 39.2 Å². The first kappa shape index (κ1) is 32.9. The van der Waals surface area contributed by atoms with Crippen LogP contribution in [0.15, 0.2) is 21.7 Å². The number of ether oxygens (including phenoxy) is 2. The van der Waals surface area contributed by atoms with Gasteiger partial charge in [-0.3, -0.25) is 19.2 Å². The van der Waals surface area contributed by atoms with Gasteiger partial charge in [-0.25, -0.2) is 0 Å². The van der Waals surface area contributed by atoms with Gasteiger partial charge in [-0.2, -0.15) is 12.6 Å². The van der Waals surface area contributed by atoms with Gasteiger partial charge < -0.3 is 34.9 Å². The number of rotatable bonds is 4. The van der Waals surface area contributed by atoms with Crippen LogP contribution in [0, 0.1) is 0 Å². The summed E-state index contributed by atoms with van der Waals surface area (Å²) in [6, 6.07) is 3.30. The number of aliphatic hydroxyl groups excluding tert-OH is 1. The fraction of sp³-hybridized carbons (Fsp3) is 0.571. The van der Waals surface area contributed by atoms with Gasteiger partial charge in [0.05, 0.1) is 38.1 Å². The molecule has 0 aliphatic carbocycles. The van der Waals surface area contributed by atoms with Gasteiger partial charge in [0, 0.05) is 51.8 Å². The molecule has 1 N–H and O–H groups in total. The SMILES string of the molecule is C.CCN1CC2CC(O)c3cc(=O)c(OC)c(n32)C1=O.CCN1CC2CCc3cc(=O)c(OC)c(n32)C1=O.[2H]CS.[H-].[Li+]. The van der Waals surface area contributed by atoms with E-state index >= 15 is 0 Å². The van der Waals surface area contributed by atoms with Gasteiger partial charge in [0.25, 0.3) is 11.8 Å². The Bertz CT molecular complexity index is 1440. The van der Waals surface area contributed by atoms with Crippen molar-refractivity contribution in [1.29, 1.82) is 0 Å². The molecular weight excluding hydrogens is 543 g/mol. The molecule has 6 rings (SSSR count). The first-order valence-electron chi connectivity index (χ1n) is 13.7. The minimum Gasteiger partial charge on any atom is -1.00 e. The third-order valence-electron chi connectivity index (χ3n) is 7.84. The Balaban J connectivity index is 0.000000371. The molecule has 3 atom stereocenters. The average molecular weight is 586 g/mol. The molecule has 2 aromatic rings. The zero-order chi connectivity index (χ0) is 29.3. The molecule has 0 spiro atoms. The summed E-state index contributed by atoms with van der Waals surface area (Å²) in [4.78, 5) is 52.2. The molecule has 2 aromatic heterocycles. The number of thiol groups is 1. The Morgan fingerprint density at radius 1 is 0.951 bits per heavy atom. The summed E-state index contributed by atoms with van der Waals surface area (Å²) in [5, 5.41) is 10.0. The fourth-order valence-electron chi connectivity index (χ4n) is 6.11. The normalized spacial score (nSPS) is 21.1. The molecule has 0 saturated heterocycles.